The van der Waals surface area contributed by atoms with Crippen LogP contribution in [0.5, 0.6) is 5.75 Å². The van der Waals surface area contributed by atoms with Gasteiger partial charge in [-0.3, -0.25) is 13.9 Å². The first-order valence-electron chi connectivity index (χ1n) is 12.4. The molecule has 8 nitrogen and oxygen atoms in total. The van der Waals surface area contributed by atoms with Crippen LogP contribution in [-0.2, 0) is 32.3 Å². The van der Waals surface area contributed by atoms with Crippen LogP contribution in [0.2, 0.25) is 5.02 Å². The smallest absolute Gasteiger partial charge is 0.417 e. The van der Waals surface area contributed by atoms with Gasteiger partial charge in [0.1, 0.15) is 18.3 Å². The summed E-state index contributed by atoms with van der Waals surface area (Å²) < 4.78 is 74.3. The average molecular weight is 612 g/mol. The maximum absolute atomic E-state index is 13.9. The maximum atomic E-state index is 13.9. The van der Waals surface area contributed by atoms with Crippen molar-refractivity contribution in [3.05, 3.63) is 88.9 Å². The summed E-state index contributed by atoms with van der Waals surface area (Å²) in [7, 11) is -1.64. The summed E-state index contributed by atoms with van der Waals surface area (Å²) in [4.78, 5) is 27.6. The Kier molecular flexibility index (Phi) is 10.3. The lowest BCUT2D eigenvalue weighted by molar-refractivity contribution is -0.140. The van der Waals surface area contributed by atoms with Gasteiger partial charge in [0.05, 0.1) is 28.3 Å². The summed E-state index contributed by atoms with van der Waals surface area (Å²) in [6.07, 6.45) is -4.70. The minimum absolute atomic E-state index is 0.0810. The van der Waals surface area contributed by atoms with Crippen LogP contribution in [-0.4, -0.2) is 51.9 Å². The number of rotatable bonds is 11. The first-order chi connectivity index (χ1) is 19.3. The number of sulfonamides is 1. The Hall–Kier alpha value is -3.77. The summed E-state index contributed by atoms with van der Waals surface area (Å²) in [5.41, 5.74) is -1.06. The molecule has 1 N–H and O–H groups in total. The molecule has 3 aromatic carbocycles. The number of hydrogen-bond donors (Lipinski definition) is 1. The maximum Gasteiger partial charge on any atom is 0.417 e. The summed E-state index contributed by atoms with van der Waals surface area (Å²) in [6, 6.07) is 15.3. The minimum Gasteiger partial charge on any atom is -0.497 e. The van der Waals surface area contributed by atoms with E-state index in [1.165, 1.54) is 43.3 Å². The third-order valence-corrected chi connectivity index (χ3v) is 8.42. The van der Waals surface area contributed by atoms with E-state index in [1.54, 1.807) is 37.3 Å². The lowest BCUT2D eigenvalue weighted by Crippen LogP contribution is -2.51. The highest BCUT2D eigenvalue weighted by atomic mass is 35.5. The summed E-state index contributed by atoms with van der Waals surface area (Å²) >= 11 is 5.78. The third-order valence-electron chi connectivity index (χ3n) is 6.30. The molecule has 0 aliphatic rings. The zero-order valence-corrected chi connectivity index (χ0v) is 24.1. The second-order valence-electron chi connectivity index (χ2n) is 8.89. The number of amides is 2. The van der Waals surface area contributed by atoms with Crippen molar-refractivity contribution >= 4 is 39.1 Å². The molecule has 0 aliphatic heterocycles. The molecule has 220 valence electrons. The van der Waals surface area contributed by atoms with E-state index in [0.29, 0.717) is 21.7 Å². The van der Waals surface area contributed by atoms with Crippen molar-refractivity contribution in [2.24, 2.45) is 0 Å². The number of carbonyl (C=O) groups excluding carboxylic acids is 2. The molecular formula is C28H29ClF3N3O5S. The standard InChI is InChI=1S/C28H29ClF3N3O5S/c1-4-25(27(37)33-2)34(17-19-10-13-21(40-3)14-11-19)26(36)18-35(41(38,39)22-8-6-5-7-9-22)20-12-15-24(29)23(16-20)28(30,31)32/h5-16,25H,4,17-18H2,1-3H3,(H,33,37)/t25-/m0/s1. The van der Waals surface area contributed by atoms with E-state index in [2.05, 4.69) is 5.32 Å². The van der Waals surface area contributed by atoms with E-state index in [4.69, 9.17) is 16.3 Å². The number of carbonyl (C=O) groups is 2. The van der Waals surface area contributed by atoms with E-state index in [1.807, 2.05) is 0 Å². The van der Waals surface area contributed by atoms with Gasteiger partial charge in [0.15, 0.2) is 0 Å². The number of likely N-dealkylation sites (N-methyl/N-ethyl adjacent to an activating group) is 1. The van der Waals surface area contributed by atoms with Crippen molar-refractivity contribution in [3.8, 4) is 5.75 Å². The Bertz CT molecular complexity index is 1470. The van der Waals surface area contributed by atoms with Gasteiger partial charge in [0.2, 0.25) is 11.8 Å². The molecule has 0 saturated carbocycles. The van der Waals surface area contributed by atoms with Gasteiger partial charge in [-0.2, -0.15) is 13.2 Å². The summed E-state index contributed by atoms with van der Waals surface area (Å²) in [6.45, 7) is 0.712. The molecule has 0 heterocycles. The number of alkyl halides is 3. The van der Waals surface area contributed by atoms with Crippen molar-refractivity contribution in [2.75, 3.05) is 25.0 Å². The fraction of sp³-hybridized carbons (Fsp3) is 0.286. The monoisotopic (exact) mass is 611 g/mol. The molecule has 0 saturated heterocycles. The van der Waals surface area contributed by atoms with Gasteiger partial charge < -0.3 is 15.0 Å². The average Bonchev–Trinajstić information content (AvgIpc) is 2.96. The van der Waals surface area contributed by atoms with Gasteiger partial charge >= 0.3 is 6.18 Å². The first-order valence-corrected chi connectivity index (χ1v) is 14.2. The summed E-state index contributed by atoms with van der Waals surface area (Å²) in [5, 5.41) is 1.87. The second-order valence-corrected chi connectivity index (χ2v) is 11.2. The molecule has 0 spiro atoms. The molecule has 1 atom stereocenters. The quantitative estimate of drug-likeness (QED) is 0.325. The zero-order valence-electron chi connectivity index (χ0n) is 22.5. The van der Waals surface area contributed by atoms with Gasteiger partial charge in [-0.25, -0.2) is 8.42 Å². The van der Waals surface area contributed by atoms with Crippen LogP contribution in [0.25, 0.3) is 0 Å². The number of benzene rings is 3. The van der Waals surface area contributed by atoms with Crippen LogP contribution in [0, 0.1) is 0 Å². The van der Waals surface area contributed by atoms with Crippen LogP contribution in [0.4, 0.5) is 18.9 Å². The van der Waals surface area contributed by atoms with E-state index < -0.39 is 56.9 Å². The Balaban J connectivity index is 2.12. The zero-order chi connectivity index (χ0) is 30.4. The topological polar surface area (TPSA) is 96.0 Å². The Morgan fingerprint density at radius 2 is 1.66 bits per heavy atom. The number of hydrogen-bond acceptors (Lipinski definition) is 5. The summed E-state index contributed by atoms with van der Waals surface area (Å²) in [5.74, 6) is -0.731. The molecule has 0 aromatic heterocycles. The Morgan fingerprint density at radius 3 is 2.20 bits per heavy atom. The van der Waals surface area contributed by atoms with Gasteiger partial charge in [0.25, 0.3) is 10.0 Å². The van der Waals surface area contributed by atoms with Crippen LogP contribution in [0.3, 0.4) is 0 Å². The normalized spacial score (nSPS) is 12.4. The molecule has 3 aromatic rings. The molecule has 0 bridgehead atoms. The van der Waals surface area contributed by atoms with E-state index >= 15 is 0 Å². The molecule has 0 aliphatic carbocycles. The molecule has 0 fully saturated rings. The highest BCUT2D eigenvalue weighted by molar-refractivity contribution is 7.92. The SMILES string of the molecule is CC[C@@H](C(=O)NC)N(Cc1ccc(OC)cc1)C(=O)CN(c1ccc(Cl)c(C(F)(F)F)c1)S(=O)(=O)c1ccccc1. The fourth-order valence-electron chi connectivity index (χ4n) is 4.15. The second kappa shape index (κ2) is 13.3. The predicted molar refractivity (Wildman–Crippen MR) is 149 cm³/mol. The van der Waals surface area contributed by atoms with Crippen molar-refractivity contribution in [3.63, 3.8) is 0 Å². The van der Waals surface area contributed by atoms with Crippen LogP contribution >= 0.6 is 11.6 Å². The number of nitrogens with zero attached hydrogens (tertiary/aromatic N) is 2. The van der Waals surface area contributed by atoms with Gasteiger partial charge in [-0.05, 0) is 54.4 Å². The lowest BCUT2D eigenvalue weighted by Gasteiger charge is -2.33. The van der Waals surface area contributed by atoms with Crippen LogP contribution in [0.15, 0.2) is 77.7 Å². The molecule has 41 heavy (non-hydrogen) atoms. The van der Waals surface area contributed by atoms with E-state index in [9.17, 15) is 31.2 Å². The molecular weight excluding hydrogens is 583 g/mol. The van der Waals surface area contributed by atoms with Gasteiger partial charge in [-0.1, -0.05) is 48.9 Å². The van der Waals surface area contributed by atoms with Crippen molar-refractivity contribution in [2.45, 2.75) is 37.0 Å². The van der Waals surface area contributed by atoms with Crippen LogP contribution < -0.4 is 14.4 Å². The lowest BCUT2D eigenvalue weighted by atomic mass is 10.1. The highest BCUT2D eigenvalue weighted by Gasteiger charge is 2.37. The van der Waals surface area contributed by atoms with E-state index in [0.717, 1.165) is 12.1 Å². The molecule has 2 amide bonds. The number of methoxy groups -OCH3 is 1. The highest BCUT2D eigenvalue weighted by Crippen LogP contribution is 2.38. The molecule has 0 unspecified atom stereocenters. The molecule has 13 heteroatoms. The van der Waals surface area contributed by atoms with Crippen LogP contribution in [0.1, 0.15) is 24.5 Å². The van der Waals surface area contributed by atoms with Crippen molar-refractivity contribution in [1.82, 2.24) is 10.2 Å². The fourth-order valence-corrected chi connectivity index (χ4v) is 5.80. The van der Waals surface area contributed by atoms with Gasteiger partial charge in [0, 0.05) is 13.6 Å². The largest absolute Gasteiger partial charge is 0.497 e. The third kappa shape index (κ3) is 7.50. The molecule has 0 radical (unpaired) electrons. The number of halogens is 4. The first kappa shape index (κ1) is 31.8. The number of nitrogens with one attached hydrogen (secondary N) is 1. The Morgan fingerprint density at radius 1 is 1.02 bits per heavy atom. The Labute approximate surface area is 241 Å². The minimum atomic E-state index is -4.88. The number of ether oxygens (including phenoxy) is 1. The van der Waals surface area contributed by atoms with Crippen molar-refractivity contribution < 1.29 is 35.9 Å². The van der Waals surface area contributed by atoms with E-state index in [-0.39, 0.29) is 17.9 Å². The predicted octanol–water partition coefficient (Wildman–Crippen LogP) is 5.12. The number of anilines is 1. The van der Waals surface area contributed by atoms with Gasteiger partial charge in [-0.15, -0.1) is 0 Å². The molecule has 3 rings (SSSR count). The van der Waals surface area contributed by atoms with Crippen molar-refractivity contribution in [1.29, 1.82) is 0 Å².